The number of rotatable bonds is 6. The molecule has 1 rings (SSSR count). The lowest BCUT2D eigenvalue weighted by atomic mass is 10.2. The zero-order valence-corrected chi connectivity index (χ0v) is 14.6. The van der Waals surface area contributed by atoms with Crippen LogP contribution in [0.15, 0.2) is 53.4 Å². The van der Waals surface area contributed by atoms with Crippen LogP contribution in [0.5, 0.6) is 0 Å². The summed E-state index contributed by atoms with van der Waals surface area (Å²) in [6, 6.07) is 3.67. The van der Waals surface area contributed by atoms with Gasteiger partial charge in [-0.05, 0) is 36.1 Å². The van der Waals surface area contributed by atoms with Gasteiger partial charge in [-0.2, -0.15) is 0 Å². The van der Waals surface area contributed by atoms with Crippen LogP contribution in [0.2, 0.25) is 0 Å². The van der Waals surface area contributed by atoms with Crippen LogP contribution in [-0.4, -0.2) is 26.8 Å². The molecule has 4 heteroatoms. The zero-order chi connectivity index (χ0) is 17.2. The summed E-state index contributed by atoms with van der Waals surface area (Å²) in [6.45, 7) is 8.28. The molecule has 1 aromatic heterocycles. The number of furan rings is 1. The van der Waals surface area contributed by atoms with Crippen LogP contribution in [0.4, 0.5) is 0 Å². The van der Waals surface area contributed by atoms with Crippen LogP contribution in [0, 0.1) is 11.8 Å². The Morgan fingerprint density at radius 1 is 0.800 bits per heavy atom. The summed E-state index contributed by atoms with van der Waals surface area (Å²) in [7, 11) is 3.25. The first-order chi connectivity index (χ1) is 10.5. The van der Waals surface area contributed by atoms with Crippen molar-refractivity contribution in [3.05, 3.63) is 49.0 Å². The highest BCUT2D eigenvalue weighted by Crippen LogP contribution is 1.98. The molecule has 0 aliphatic heterocycles. The van der Waals surface area contributed by atoms with E-state index >= 15 is 0 Å². The lowest BCUT2D eigenvalue weighted by molar-refractivity contribution is -0.104. The van der Waals surface area contributed by atoms with Crippen LogP contribution in [0.3, 0.4) is 0 Å². The van der Waals surface area contributed by atoms with Crippen LogP contribution < -0.4 is 0 Å². The van der Waals surface area contributed by atoms with Gasteiger partial charge in [0.15, 0.2) is 6.29 Å². The fraction of sp³-hybridized carbons (Fsp3) is 0.571. The number of ether oxygens (including phenoxy) is 2. The van der Waals surface area contributed by atoms with Gasteiger partial charge in [0.25, 0.3) is 0 Å². The van der Waals surface area contributed by atoms with E-state index in [0.717, 1.165) is 6.29 Å². The van der Waals surface area contributed by atoms with Gasteiger partial charge in [-0.3, -0.25) is 4.79 Å². The summed E-state index contributed by atoms with van der Waals surface area (Å²) < 4.78 is 14.5. The van der Waals surface area contributed by atoms with Crippen molar-refractivity contribution in [3.8, 4) is 0 Å². The number of carbonyl (C=O) groups excluding carboxylic acids is 1. The summed E-state index contributed by atoms with van der Waals surface area (Å²) in [4.78, 5) is 9.62. The number of aldehydes is 1. The van der Waals surface area contributed by atoms with Gasteiger partial charge >= 0.3 is 0 Å². The van der Waals surface area contributed by atoms with Crippen molar-refractivity contribution in [3.63, 3.8) is 0 Å². The van der Waals surface area contributed by atoms with E-state index in [-0.39, 0.29) is 28.6 Å². The second-order valence-electron chi connectivity index (χ2n) is 5.03. The molecule has 0 aliphatic carbocycles. The number of hydrogen-bond donors (Lipinski definition) is 0. The molecule has 4 nitrogen and oxygen atoms in total. The van der Waals surface area contributed by atoms with Crippen LogP contribution in [0.1, 0.15) is 50.0 Å². The minimum atomic E-state index is -0.192. The zero-order valence-electron chi connectivity index (χ0n) is 14.6. The van der Waals surface area contributed by atoms with Gasteiger partial charge in [-0.15, -0.1) is 0 Å². The first-order valence-electron chi connectivity index (χ1n) is 7.30. The maximum atomic E-state index is 9.62. The molecule has 0 amide bonds. The Kier molecular flexibility index (Phi) is 37.7. The van der Waals surface area contributed by atoms with Crippen molar-refractivity contribution in [2.75, 3.05) is 14.2 Å². The predicted octanol–water partition coefficient (Wildman–Crippen LogP) is 6.40. The normalized spacial score (nSPS) is 9.48. The largest absolute Gasteiger partial charge is 0.473 e. The molecule has 25 heavy (non-hydrogen) atoms. The molecular formula is C21H42O4. The fourth-order valence-electron chi connectivity index (χ4n) is 1.06. The highest BCUT2D eigenvalue weighted by atomic mass is 16.7. The SMILES string of the molecule is C.C.C.CC(C)/C=C/C=O.COC(/C=C/C(C)C)OC.c1ccoc1. The van der Waals surface area contributed by atoms with E-state index < -0.39 is 0 Å². The van der Waals surface area contributed by atoms with Gasteiger partial charge in [0.05, 0.1) is 12.5 Å². The van der Waals surface area contributed by atoms with E-state index in [1.165, 1.54) is 6.08 Å². The summed E-state index contributed by atoms with van der Waals surface area (Å²) in [5, 5.41) is 0. The van der Waals surface area contributed by atoms with E-state index in [0.29, 0.717) is 11.8 Å². The number of carbonyl (C=O) groups is 1. The number of methoxy groups -OCH3 is 2. The van der Waals surface area contributed by atoms with Gasteiger partial charge < -0.3 is 13.9 Å². The van der Waals surface area contributed by atoms with E-state index in [9.17, 15) is 4.79 Å². The molecule has 0 aliphatic rings. The lowest BCUT2D eigenvalue weighted by Crippen LogP contribution is -2.08. The molecule has 0 atom stereocenters. The average Bonchev–Trinajstić information content (AvgIpc) is 3.06. The molecule has 0 fully saturated rings. The molecule has 0 saturated heterocycles. The molecular weight excluding hydrogens is 316 g/mol. The maximum Gasteiger partial charge on any atom is 0.176 e. The van der Waals surface area contributed by atoms with Gasteiger partial charge in [-0.1, -0.05) is 62.1 Å². The van der Waals surface area contributed by atoms with Crippen LogP contribution in [-0.2, 0) is 14.3 Å². The standard InChI is InChI=1S/C8H16O2.C6H10O.C4H4O.3CH4/c1-7(2)5-6-8(9-3)10-4;1-6(2)4-3-5-7;1-2-4-5-3-1;;;/h5-8H,1-4H3;3-6H,1-2H3;1-4H;3*1H4/b6-5+;4-3+;;;;. The van der Waals surface area contributed by atoms with Crippen molar-refractivity contribution >= 4 is 6.29 Å². The molecule has 0 saturated carbocycles. The summed E-state index contributed by atoms with van der Waals surface area (Å²) in [5.74, 6) is 1.04. The third-order valence-electron chi connectivity index (χ3n) is 2.12. The Bertz CT molecular complexity index is 344. The van der Waals surface area contributed by atoms with E-state index in [2.05, 4.69) is 24.3 Å². The quantitative estimate of drug-likeness (QED) is 0.255. The topological polar surface area (TPSA) is 48.7 Å². The van der Waals surface area contributed by atoms with Crippen molar-refractivity contribution in [2.24, 2.45) is 11.8 Å². The molecule has 0 unspecified atom stereocenters. The van der Waals surface area contributed by atoms with Crippen LogP contribution in [0.25, 0.3) is 0 Å². The molecule has 1 heterocycles. The van der Waals surface area contributed by atoms with Crippen molar-refractivity contribution < 1.29 is 18.7 Å². The highest BCUT2D eigenvalue weighted by molar-refractivity contribution is 5.64. The first-order valence-corrected chi connectivity index (χ1v) is 7.30. The highest BCUT2D eigenvalue weighted by Gasteiger charge is 1.96. The Morgan fingerprint density at radius 3 is 1.44 bits per heavy atom. The van der Waals surface area contributed by atoms with Gasteiger partial charge in [0.2, 0.25) is 0 Å². The molecule has 0 spiro atoms. The van der Waals surface area contributed by atoms with Crippen molar-refractivity contribution in [1.82, 2.24) is 0 Å². The average molecular weight is 359 g/mol. The second-order valence-corrected chi connectivity index (χ2v) is 5.03. The lowest BCUT2D eigenvalue weighted by Gasteiger charge is -2.07. The molecule has 150 valence electrons. The Morgan fingerprint density at radius 2 is 1.24 bits per heavy atom. The summed E-state index contributed by atoms with van der Waals surface area (Å²) in [6.07, 6.45) is 11.2. The van der Waals surface area contributed by atoms with E-state index in [4.69, 9.17) is 9.47 Å². The smallest absolute Gasteiger partial charge is 0.176 e. The molecule has 0 N–H and O–H groups in total. The summed E-state index contributed by atoms with van der Waals surface area (Å²) >= 11 is 0. The molecule has 0 aromatic carbocycles. The predicted molar refractivity (Wildman–Crippen MR) is 111 cm³/mol. The third kappa shape index (κ3) is 34.6. The van der Waals surface area contributed by atoms with E-state index in [1.807, 2.05) is 38.1 Å². The third-order valence-corrected chi connectivity index (χ3v) is 2.12. The minimum absolute atomic E-state index is 0. The van der Waals surface area contributed by atoms with E-state index in [1.54, 1.807) is 26.7 Å². The second kappa shape index (κ2) is 27.2. The first kappa shape index (κ1) is 34.6. The molecule has 0 radical (unpaired) electrons. The van der Waals surface area contributed by atoms with Gasteiger partial charge in [0, 0.05) is 14.2 Å². The molecule has 1 aromatic rings. The number of allylic oxidation sites excluding steroid dienone is 3. The summed E-state index contributed by atoms with van der Waals surface area (Å²) in [5.41, 5.74) is 0. The monoisotopic (exact) mass is 358 g/mol. The number of hydrogen-bond acceptors (Lipinski definition) is 4. The van der Waals surface area contributed by atoms with Crippen LogP contribution >= 0.6 is 0 Å². The van der Waals surface area contributed by atoms with Gasteiger partial charge in [0.1, 0.15) is 6.29 Å². The van der Waals surface area contributed by atoms with Crippen molar-refractivity contribution in [2.45, 2.75) is 56.3 Å². The Hall–Kier alpha value is -1.65. The Labute approximate surface area is 156 Å². The molecule has 0 bridgehead atoms. The fourth-order valence-corrected chi connectivity index (χ4v) is 1.06. The van der Waals surface area contributed by atoms with Gasteiger partial charge in [-0.25, -0.2) is 0 Å². The Balaban J connectivity index is -0.0000000789. The maximum absolute atomic E-state index is 9.62. The van der Waals surface area contributed by atoms with Crippen molar-refractivity contribution in [1.29, 1.82) is 0 Å². The minimum Gasteiger partial charge on any atom is -0.473 e.